The van der Waals surface area contributed by atoms with E-state index in [9.17, 15) is 26.3 Å². The highest BCUT2D eigenvalue weighted by atomic mass is 19.4. The van der Waals surface area contributed by atoms with Crippen LogP contribution in [0.2, 0.25) is 0 Å². The third-order valence-corrected chi connectivity index (χ3v) is 2.89. The molecule has 0 aliphatic heterocycles. The summed E-state index contributed by atoms with van der Waals surface area (Å²) in [5.41, 5.74) is -2.68. The van der Waals surface area contributed by atoms with E-state index in [1.807, 2.05) is 0 Å². The first-order valence-corrected chi connectivity index (χ1v) is 6.44. The Kier molecular flexibility index (Phi) is 4.95. The van der Waals surface area contributed by atoms with E-state index in [4.69, 9.17) is 10.2 Å². The first kappa shape index (κ1) is 18.6. The first-order chi connectivity index (χ1) is 11.5. The molecule has 0 spiro atoms. The van der Waals surface area contributed by atoms with Crippen molar-refractivity contribution in [3.63, 3.8) is 0 Å². The number of phenolic OH excluding ortho intramolecular Hbond substituents is 2. The quantitative estimate of drug-likeness (QED) is 0.632. The zero-order valence-corrected chi connectivity index (χ0v) is 12.0. The molecular weight excluding hydrogens is 357 g/mol. The number of alkyl halides is 6. The monoisotopic (exact) mass is 365 g/mol. The van der Waals surface area contributed by atoms with Crippen LogP contribution in [0.15, 0.2) is 36.4 Å². The molecule has 2 rings (SSSR count). The number of hydrogen-bond acceptors (Lipinski definition) is 4. The number of hydrogen-bond donors (Lipinski definition) is 2. The van der Waals surface area contributed by atoms with Gasteiger partial charge >= 0.3 is 20.0 Å². The Balaban J connectivity index is 2.18. The summed E-state index contributed by atoms with van der Waals surface area (Å²) < 4.78 is 86.2. The predicted octanol–water partition coefficient (Wildman–Crippen LogP) is 4.13. The van der Waals surface area contributed by atoms with Crippen LogP contribution in [0.5, 0.6) is 23.0 Å². The smallest absolute Gasteiger partial charge is 0.526 e. The average molecular weight is 365 g/mol. The topological polar surface area (TPSA) is 58.9 Å². The van der Waals surface area contributed by atoms with Crippen LogP contribution < -0.4 is 9.31 Å². The molecule has 4 nitrogen and oxygen atoms in total. The van der Waals surface area contributed by atoms with Gasteiger partial charge < -0.3 is 19.5 Å². The van der Waals surface area contributed by atoms with Gasteiger partial charge in [-0.05, 0) is 36.4 Å². The van der Waals surface area contributed by atoms with E-state index in [2.05, 4.69) is 9.31 Å². The fraction of sp³-hybridized carbons (Fsp3) is 0.143. The van der Waals surface area contributed by atoms with E-state index in [1.165, 1.54) is 0 Å². The first-order valence-electron chi connectivity index (χ1n) is 6.44. The standard InChI is InChI=1S/C14H8BF6O4/c16-13(17,18)9-5-7(22)1-3-11(9)24-15-25-12-4-2-8(23)6-10(12)14(19,20)21/h1-6,22-23H. The number of aromatic hydroxyl groups is 2. The van der Waals surface area contributed by atoms with Crippen LogP contribution in [0.4, 0.5) is 26.3 Å². The summed E-state index contributed by atoms with van der Waals surface area (Å²) in [7, 11) is 0.281. The average Bonchev–Trinajstić information content (AvgIpc) is 2.48. The summed E-state index contributed by atoms with van der Waals surface area (Å²) in [6.07, 6.45) is -9.73. The summed E-state index contributed by atoms with van der Waals surface area (Å²) in [5, 5.41) is 18.2. The number of benzene rings is 2. The Bertz CT molecular complexity index is 696. The van der Waals surface area contributed by atoms with Gasteiger partial charge in [0.15, 0.2) is 0 Å². The minimum absolute atomic E-state index is 0.281. The lowest BCUT2D eigenvalue weighted by Crippen LogP contribution is -2.17. The van der Waals surface area contributed by atoms with E-state index >= 15 is 0 Å². The predicted molar refractivity (Wildman–Crippen MR) is 73.2 cm³/mol. The van der Waals surface area contributed by atoms with Crippen LogP contribution in [0.3, 0.4) is 0 Å². The molecule has 2 N–H and O–H groups in total. The van der Waals surface area contributed by atoms with Crippen molar-refractivity contribution < 1.29 is 45.9 Å². The molecule has 25 heavy (non-hydrogen) atoms. The molecule has 0 unspecified atom stereocenters. The lowest BCUT2D eigenvalue weighted by Gasteiger charge is -2.16. The fourth-order valence-corrected chi connectivity index (χ4v) is 1.81. The van der Waals surface area contributed by atoms with Gasteiger partial charge in [0.25, 0.3) is 0 Å². The van der Waals surface area contributed by atoms with Crippen molar-refractivity contribution in [1.82, 2.24) is 0 Å². The minimum atomic E-state index is -4.86. The third kappa shape index (κ3) is 4.64. The highest BCUT2D eigenvalue weighted by molar-refractivity contribution is 6.20. The number of rotatable bonds is 4. The third-order valence-electron chi connectivity index (χ3n) is 2.89. The molecule has 0 heterocycles. The molecule has 11 heteroatoms. The van der Waals surface area contributed by atoms with Gasteiger partial charge in [0.2, 0.25) is 0 Å². The van der Waals surface area contributed by atoms with Crippen LogP contribution in [0.25, 0.3) is 0 Å². The van der Waals surface area contributed by atoms with Gasteiger partial charge in [-0.25, -0.2) is 0 Å². The zero-order valence-electron chi connectivity index (χ0n) is 12.0. The van der Waals surface area contributed by atoms with Gasteiger partial charge in [-0.1, -0.05) is 0 Å². The van der Waals surface area contributed by atoms with Crippen molar-refractivity contribution in [3.05, 3.63) is 47.5 Å². The minimum Gasteiger partial charge on any atom is -0.526 e. The second kappa shape index (κ2) is 6.65. The van der Waals surface area contributed by atoms with E-state index in [-0.39, 0.29) is 7.69 Å². The van der Waals surface area contributed by atoms with E-state index in [1.54, 1.807) is 0 Å². The Morgan fingerprint density at radius 3 is 1.36 bits per heavy atom. The van der Waals surface area contributed by atoms with Gasteiger partial charge in [0, 0.05) is 0 Å². The molecule has 0 fully saturated rings. The van der Waals surface area contributed by atoms with E-state index in [0.29, 0.717) is 12.1 Å². The SMILES string of the molecule is Oc1ccc(O[B]Oc2ccc(O)cc2C(F)(F)F)c(C(F)(F)F)c1. The van der Waals surface area contributed by atoms with Crippen LogP contribution in [-0.4, -0.2) is 17.9 Å². The van der Waals surface area contributed by atoms with Crippen molar-refractivity contribution in [2.45, 2.75) is 12.4 Å². The molecule has 2 aromatic carbocycles. The van der Waals surface area contributed by atoms with Crippen LogP contribution in [0.1, 0.15) is 11.1 Å². The van der Waals surface area contributed by atoms with Crippen LogP contribution >= 0.6 is 0 Å². The Labute approximate surface area is 137 Å². The largest absolute Gasteiger partial charge is 0.658 e. The van der Waals surface area contributed by atoms with Crippen LogP contribution in [-0.2, 0) is 12.4 Å². The van der Waals surface area contributed by atoms with Gasteiger partial charge in [-0.3, -0.25) is 0 Å². The van der Waals surface area contributed by atoms with Gasteiger partial charge in [0.1, 0.15) is 23.0 Å². The molecule has 1 radical (unpaired) electrons. The Morgan fingerprint density at radius 1 is 0.680 bits per heavy atom. The van der Waals surface area contributed by atoms with Crippen molar-refractivity contribution in [3.8, 4) is 23.0 Å². The summed E-state index contributed by atoms with van der Waals surface area (Å²) in [6.45, 7) is 0. The molecular formula is C14H8BF6O4. The second-order valence-corrected chi connectivity index (χ2v) is 4.69. The maximum absolute atomic E-state index is 12.8. The summed E-state index contributed by atoms with van der Waals surface area (Å²) in [5.74, 6) is -2.90. The molecule has 0 saturated carbocycles. The maximum Gasteiger partial charge on any atom is 0.658 e. The van der Waals surface area contributed by atoms with Gasteiger partial charge in [-0.15, -0.1) is 0 Å². The van der Waals surface area contributed by atoms with Gasteiger partial charge in [-0.2, -0.15) is 26.3 Å². The highest BCUT2D eigenvalue weighted by Crippen LogP contribution is 2.39. The van der Waals surface area contributed by atoms with Crippen molar-refractivity contribution in [2.75, 3.05) is 0 Å². The van der Waals surface area contributed by atoms with Gasteiger partial charge in [0.05, 0.1) is 11.1 Å². The molecule has 0 aliphatic rings. The van der Waals surface area contributed by atoms with Crippen molar-refractivity contribution >= 4 is 7.69 Å². The van der Waals surface area contributed by atoms with Crippen molar-refractivity contribution in [1.29, 1.82) is 0 Å². The maximum atomic E-state index is 12.8. The molecule has 0 aromatic heterocycles. The zero-order chi connectivity index (χ0) is 18.8. The normalized spacial score (nSPS) is 11.9. The highest BCUT2D eigenvalue weighted by Gasteiger charge is 2.36. The van der Waals surface area contributed by atoms with Crippen LogP contribution in [0, 0.1) is 0 Å². The fourth-order valence-electron chi connectivity index (χ4n) is 1.81. The number of phenols is 2. The molecule has 2 aromatic rings. The molecule has 0 saturated heterocycles. The Morgan fingerprint density at radius 2 is 1.04 bits per heavy atom. The summed E-state index contributed by atoms with van der Waals surface area (Å²) >= 11 is 0. The summed E-state index contributed by atoms with van der Waals surface area (Å²) in [4.78, 5) is 0. The lowest BCUT2D eigenvalue weighted by molar-refractivity contribution is -0.139. The number of halogens is 6. The molecule has 0 atom stereocenters. The van der Waals surface area contributed by atoms with E-state index < -0.39 is 46.5 Å². The van der Waals surface area contributed by atoms with E-state index in [0.717, 1.165) is 24.3 Å². The molecule has 0 aliphatic carbocycles. The Hall–Kier alpha value is -2.72. The molecule has 133 valence electrons. The lowest BCUT2D eigenvalue weighted by atomic mass is 10.1. The molecule has 0 bridgehead atoms. The van der Waals surface area contributed by atoms with Crippen molar-refractivity contribution in [2.24, 2.45) is 0 Å². The second-order valence-electron chi connectivity index (χ2n) is 4.69. The summed E-state index contributed by atoms with van der Waals surface area (Å²) in [6, 6.07) is 4.15. The molecule has 0 amide bonds.